The zero-order chi connectivity index (χ0) is 11.0. The molecule has 3 aromatic rings. The predicted molar refractivity (Wildman–Crippen MR) is 57.6 cm³/mol. The molecular formula is C10H9N5O. The van der Waals surface area contributed by atoms with Crippen LogP contribution in [-0.2, 0) is 0 Å². The van der Waals surface area contributed by atoms with E-state index in [0.717, 1.165) is 11.2 Å². The number of aromatic nitrogens is 5. The Balaban J connectivity index is 2.33. The molecule has 0 unspecified atom stereocenters. The van der Waals surface area contributed by atoms with Gasteiger partial charge in [-0.2, -0.15) is 4.98 Å². The van der Waals surface area contributed by atoms with Crippen molar-refractivity contribution in [3.8, 4) is 11.6 Å². The van der Waals surface area contributed by atoms with Gasteiger partial charge in [-0.25, -0.2) is 9.97 Å². The number of aromatic amines is 1. The van der Waals surface area contributed by atoms with Gasteiger partial charge < -0.3 is 14.3 Å². The number of hydrogen-bond donors (Lipinski definition) is 1. The highest BCUT2D eigenvalue weighted by molar-refractivity contribution is 5.81. The summed E-state index contributed by atoms with van der Waals surface area (Å²) in [4.78, 5) is 15.4. The molecule has 3 rings (SSSR count). The van der Waals surface area contributed by atoms with Crippen molar-refractivity contribution in [2.24, 2.45) is 0 Å². The van der Waals surface area contributed by atoms with Gasteiger partial charge in [-0.05, 0) is 0 Å². The van der Waals surface area contributed by atoms with Gasteiger partial charge in [0.05, 0.1) is 25.5 Å². The fourth-order valence-electron chi connectivity index (χ4n) is 1.60. The number of pyridine rings is 1. The first-order valence-corrected chi connectivity index (χ1v) is 4.75. The van der Waals surface area contributed by atoms with E-state index in [4.69, 9.17) is 4.74 Å². The molecule has 0 saturated carbocycles. The van der Waals surface area contributed by atoms with E-state index in [1.807, 2.05) is 16.8 Å². The van der Waals surface area contributed by atoms with Crippen molar-refractivity contribution in [1.82, 2.24) is 24.5 Å². The molecule has 6 nitrogen and oxygen atoms in total. The summed E-state index contributed by atoms with van der Waals surface area (Å²) in [6.45, 7) is 0. The lowest BCUT2D eigenvalue weighted by atomic mass is 10.3. The second-order valence-electron chi connectivity index (χ2n) is 3.25. The van der Waals surface area contributed by atoms with Crippen molar-refractivity contribution in [2.75, 3.05) is 7.11 Å². The fourth-order valence-corrected chi connectivity index (χ4v) is 1.60. The van der Waals surface area contributed by atoms with Crippen molar-refractivity contribution in [2.45, 2.75) is 0 Å². The van der Waals surface area contributed by atoms with E-state index in [1.165, 1.54) is 0 Å². The summed E-state index contributed by atoms with van der Waals surface area (Å²) in [7, 11) is 1.58. The molecule has 0 aliphatic rings. The van der Waals surface area contributed by atoms with Crippen LogP contribution < -0.4 is 4.74 Å². The van der Waals surface area contributed by atoms with Gasteiger partial charge in [0.25, 0.3) is 0 Å². The molecule has 0 aromatic carbocycles. The third-order valence-electron chi connectivity index (χ3n) is 2.34. The zero-order valence-corrected chi connectivity index (χ0v) is 8.58. The standard InChI is InChI=1S/C10H9N5O/c1-16-8-4-7(15-3-2-11-6-15)9-10(14-8)13-5-12-9/h2-6H,1H3,(H,12,13,14). The minimum Gasteiger partial charge on any atom is -0.481 e. The highest BCUT2D eigenvalue weighted by atomic mass is 16.5. The number of methoxy groups -OCH3 is 1. The molecule has 0 atom stereocenters. The van der Waals surface area contributed by atoms with Gasteiger partial charge in [0.15, 0.2) is 5.65 Å². The maximum Gasteiger partial charge on any atom is 0.217 e. The SMILES string of the molecule is COc1cc(-n2ccnc2)c2[nH]cnc2n1. The van der Waals surface area contributed by atoms with Crippen LogP contribution in [0.5, 0.6) is 5.88 Å². The molecule has 16 heavy (non-hydrogen) atoms. The van der Waals surface area contributed by atoms with Crippen molar-refractivity contribution in [1.29, 1.82) is 0 Å². The summed E-state index contributed by atoms with van der Waals surface area (Å²) >= 11 is 0. The first kappa shape index (κ1) is 8.90. The van der Waals surface area contributed by atoms with Crippen LogP contribution in [0.3, 0.4) is 0 Å². The van der Waals surface area contributed by atoms with E-state index < -0.39 is 0 Å². The first-order chi connectivity index (χ1) is 7.88. The van der Waals surface area contributed by atoms with Gasteiger partial charge in [0, 0.05) is 18.5 Å². The van der Waals surface area contributed by atoms with Gasteiger partial charge in [0.2, 0.25) is 5.88 Å². The topological polar surface area (TPSA) is 68.6 Å². The van der Waals surface area contributed by atoms with Crippen molar-refractivity contribution in [3.05, 3.63) is 31.1 Å². The number of nitrogens with zero attached hydrogens (tertiary/aromatic N) is 4. The minimum absolute atomic E-state index is 0.531. The van der Waals surface area contributed by atoms with Crippen LogP contribution in [0.1, 0.15) is 0 Å². The Morgan fingerprint density at radius 2 is 2.38 bits per heavy atom. The summed E-state index contributed by atoms with van der Waals surface area (Å²) in [6, 6.07) is 1.84. The average Bonchev–Trinajstić information content (AvgIpc) is 2.98. The normalized spacial score (nSPS) is 10.8. The molecule has 3 heterocycles. The van der Waals surface area contributed by atoms with Gasteiger partial charge >= 0.3 is 0 Å². The second-order valence-corrected chi connectivity index (χ2v) is 3.25. The molecule has 0 amide bonds. The summed E-state index contributed by atoms with van der Waals surface area (Å²) in [5.41, 5.74) is 2.40. The quantitative estimate of drug-likeness (QED) is 0.696. The number of imidazole rings is 2. The Morgan fingerprint density at radius 1 is 1.44 bits per heavy atom. The number of rotatable bonds is 2. The Morgan fingerprint density at radius 3 is 3.12 bits per heavy atom. The lowest BCUT2D eigenvalue weighted by Crippen LogP contribution is -1.96. The van der Waals surface area contributed by atoms with E-state index in [2.05, 4.69) is 19.9 Å². The van der Waals surface area contributed by atoms with E-state index in [0.29, 0.717) is 11.5 Å². The third-order valence-corrected chi connectivity index (χ3v) is 2.34. The van der Waals surface area contributed by atoms with Gasteiger partial charge in [-0.1, -0.05) is 0 Å². The lowest BCUT2D eigenvalue weighted by molar-refractivity contribution is 0.399. The number of nitrogens with one attached hydrogen (secondary N) is 1. The van der Waals surface area contributed by atoms with Crippen LogP contribution in [0.4, 0.5) is 0 Å². The van der Waals surface area contributed by atoms with Crippen LogP contribution in [-0.4, -0.2) is 31.6 Å². The Bertz CT molecular complexity index is 613. The summed E-state index contributed by atoms with van der Waals surface area (Å²) < 4.78 is 7.01. The molecular weight excluding hydrogens is 206 g/mol. The van der Waals surface area contributed by atoms with Crippen LogP contribution >= 0.6 is 0 Å². The fraction of sp³-hybridized carbons (Fsp3) is 0.100. The zero-order valence-electron chi connectivity index (χ0n) is 8.58. The van der Waals surface area contributed by atoms with E-state index in [1.54, 1.807) is 26.0 Å². The molecule has 80 valence electrons. The Labute approximate surface area is 90.9 Å². The van der Waals surface area contributed by atoms with Crippen molar-refractivity contribution >= 4 is 11.2 Å². The van der Waals surface area contributed by atoms with Crippen LogP contribution in [0.2, 0.25) is 0 Å². The molecule has 0 saturated heterocycles. The van der Waals surface area contributed by atoms with Crippen molar-refractivity contribution < 1.29 is 4.74 Å². The monoisotopic (exact) mass is 215 g/mol. The van der Waals surface area contributed by atoms with Crippen molar-refractivity contribution in [3.63, 3.8) is 0 Å². The second kappa shape index (κ2) is 3.34. The van der Waals surface area contributed by atoms with E-state index in [9.17, 15) is 0 Å². The minimum atomic E-state index is 0.531. The molecule has 0 aliphatic heterocycles. The molecule has 1 N–H and O–H groups in total. The molecule has 6 heteroatoms. The molecule has 0 spiro atoms. The average molecular weight is 215 g/mol. The smallest absolute Gasteiger partial charge is 0.217 e. The molecule has 0 fully saturated rings. The third kappa shape index (κ3) is 1.23. The molecule has 0 aliphatic carbocycles. The summed E-state index contributed by atoms with van der Waals surface area (Å²) in [5, 5.41) is 0. The molecule has 0 bridgehead atoms. The number of H-pyrrole nitrogens is 1. The Kier molecular flexibility index (Phi) is 1.86. The van der Waals surface area contributed by atoms with Gasteiger partial charge in [-0.15, -0.1) is 0 Å². The molecule has 0 radical (unpaired) electrons. The summed E-state index contributed by atoms with van der Waals surface area (Å²) in [5.74, 6) is 0.531. The highest BCUT2D eigenvalue weighted by Gasteiger charge is 2.09. The maximum absolute atomic E-state index is 5.13. The van der Waals surface area contributed by atoms with Gasteiger partial charge in [-0.3, -0.25) is 0 Å². The Hall–Kier alpha value is -2.37. The highest BCUT2D eigenvalue weighted by Crippen LogP contribution is 2.22. The van der Waals surface area contributed by atoms with Crippen LogP contribution in [0.25, 0.3) is 16.9 Å². The predicted octanol–water partition coefficient (Wildman–Crippen LogP) is 1.15. The molecule has 3 aromatic heterocycles. The summed E-state index contributed by atoms with van der Waals surface area (Å²) in [6.07, 6.45) is 6.90. The van der Waals surface area contributed by atoms with E-state index >= 15 is 0 Å². The number of hydrogen-bond acceptors (Lipinski definition) is 4. The number of ether oxygens (including phenoxy) is 1. The maximum atomic E-state index is 5.13. The van der Waals surface area contributed by atoms with Gasteiger partial charge in [0.1, 0.15) is 5.52 Å². The van der Waals surface area contributed by atoms with Crippen LogP contribution in [0.15, 0.2) is 31.1 Å². The van der Waals surface area contributed by atoms with E-state index in [-0.39, 0.29) is 0 Å². The lowest BCUT2D eigenvalue weighted by Gasteiger charge is -2.05. The number of fused-ring (bicyclic) bond motifs is 1. The largest absolute Gasteiger partial charge is 0.481 e. The van der Waals surface area contributed by atoms with Crippen LogP contribution in [0, 0.1) is 0 Å². The first-order valence-electron chi connectivity index (χ1n) is 4.75.